The summed E-state index contributed by atoms with van der Waals surface area (Å²) < 4.78 is 0. The Morgan fingerprint density at radius 1 is 1.00 bits per heavy atom. The average Bonchev–Trinajstić information content (AvgIpc) is 3.04. The maximum absolute atomic E-state index is 12.3. The Hall–Kier alpha value is -2.79. The maximum atomic E-state index is 12.3. The molecule has 1 amide bonds. The quantitative estimate of drug-likeness (QED) is 0.591. The third-order valence-corrected chi connectivity index (χ3v) is 4.41. The van der Waals surface area contributed by atoms with Gasteiger partial charge in [-0.2, -0.15) is 0 Å². The predicted molar refractivity (Wildman–Crippen MR) is 102 cm³/mol. The first-order valence-corrected chi connectivity index (χ1v) is 8.75. The van der Waals surface area contributed by atoms with Gasteiger partial charge < -0.3 is 15.4 Å². The van der Waals surface area contributed by atoms with Crippen molar-refractivity contribution >= 4 is 34.4 Å². The van der Waals surface area contributed by atoms with Gasteiger partial charge in [-0.25, -0.2) is 0 Å². The SMILES string of the molecule is O=C(O)CCc1ccc(CCNC(=O)c2cc3cc(Cl)ccc3[nH]2)cc1. The summed E-state index contributed by atoms with van der Waals surface area (Å²) in [4.78, 5) is 25.9. The molecule has 0 aliphatic rings. The molecular formula is C20H19ClN2O3. The van der Waals surface area contributed by atoms with E-state index >= 15 is 0 Å². The van der Waals surface area contributed by atoms with Crippen LogP contribution in [0.4, 0.5) is 0 Å². The zero-order valence-electron chi connectivity index (χ0n) is 14.1. The second kappa shape index (κ2) is 8.06. The summed E-state index contributed by atoms with van der Waals surface area (Å²) in [5.41, 5.74) is 3.47. The van der Waals surface area contributed by atoms with Gasteiger partial charge >= 0.3 is 5.97 Å². The van der Waals surface area contributed by atoms with Gasteiger partial charge in [0.25, 0.3) is 5.91 Å². The summed E-state index contributed by atoms with van der Waals surface area (Å²) in [6.07, 6.45) is 1.36. The number of aromatic amines is 1. The molecule has 0 saturated heterocycles. The van der Waals surface area contributed by atoms with E-state index in [1.54, 1.807) is 12.1 Å². The molecule has 0 saturated carbocycles. The summed E-state index contributed by atoms with van der Waals surface area (Å²) in [7, 11) is 0. The van der Waals surface area contributed by atoms with Gasteiger partial charge in [0.2, 0.25) is 0 Å². The van der Waals surface area contributed by atoms with E-state index in [9.17, 15) is 9.59 Å². The van der Waals surface area contributed by atoms with E-state index in [2.05, 4.69) is 10.3 Å². The molecule has 1 heterocycles. The van der Waals surface area contributed by atoms with Crippen LogP contribution in [-0.4, -0.2) is 28.5 Å². The van der Waals surface area contributed by atoms with Crippen LogP contribution in [0, 0.1) is 0 Å². The topological polar surface area (TPSA) is 82.2 Å². The largest absolute Gasteiger partial charge is 0.481 e. The van der Waals surface area contributed by atoms with Crippen molar-refractivity contribution in [2.24, 2.45) is 0 Å². The molecule has 3 N–H and O–H groups in total. The standard InChI is InChI=1S/C20H19ClN2O3/c21-16-6-7-17-15(11-16)12-18(23-17)20(26)22-10-9-14-3-1-13(2-4-14)5-8-19(24)25/h1-4,6-7,11-12,23H,5,8-10H2,(H,22,26)(H,24,25). The highest BCUT2D eigenvalue weighted by Gasteiger charge is 2.09. The summed E-state index contributed by atoms with van der Waals surface area (Å²) in [6, 6.07) is 15.0. The van der Waals surface area contributed by atoms with Crippen molar-refractivity contribution in [1.29, 1.82) is 0 Å². The molecule has 3 aromatic rings. The summed E-state index contributed by atoms with van der Waals surface area (Å²) in [5.74, 6) is -0.952. The average molecular weight is 371 g/mol. The molecule has 134 valence electrons. The lowest BCUT2D eigenvalue weighted by molar-refractivity contribution is -0.136. The molecule has 6 heteroatoms. The van der Waals surface area contributed by atoms with Crippen molar-refractivity contribution in [3.8, 4) is 0 Å². The minimum Gasteiger partial charge on any atom is -0.481 e. The summed E-state index contributed by atoms with van der Waals surface area (Å²) in [5, 5.41) is 13.1. The lowest BCUT2D eigenvalue weighted by Gasteiger charge is -2.05. The number of halogens is 1. The number of nitrogens with one attached hydrogen (secondary N) is 2. The molecule has 26 heavy (non-hydrogen) atoms. The van der Waals surface area contributed by atoms with Crippen LogP contribution in [-0.2, 0) is 17.6 Å². The van der Waals surface area contributed by atoms with Crippen LogP contribution in [0.3, 0.4) is 0 Å². The highest BCUT2D eigenvalue weighted by Crippen LogP contribution is 2.20. The van der Waals surface area contributed by atoms with Gasteiger partial charge in [0.05, 0.1) is 0 Å². The lowest BCUT2D eigenvalue weighted by Crippen LogP contribution is -2.25. The van der Waals surface area contributed by atoms with Crippen molar-refractivity contribution in [3.05, 3.63) is 70.4 Å². The fourth-order valence-electron chi connectivity index (χ4n) is 2.77. The van der Waals surface area contributed by atoms with Gasteiger partial charge in [-0.05, 0) is 48.2 Å². The molecule has 0 atom stereocenters. The van der Waals surface area contributed by atoms with Crippen LogP contribution in [0.1, 0.15) is 28.0 Å². The maximum Gasteiger partial charge on any atom is 0.303 e. The van der Waals surface area contributed by atoms with Gasteiger partial charge in [-0.15, -0.1) is 0 Å². The van der Waals surface area contributed by atoms with E-state index in [1.165, 1.54) is 0 Å². The normalized spacial score (nSPS) is 10.8. The molecule has 0 spiro atoms. The number of aliphatic carboxylic acids is 1. The molecule has 1 aromatic heterocycles. The van der Waals surface area contributed by atoms with Crippen molar-refractivity contribution < 1.29 is 14.7 Å². The van der Waals surface area contributed by atoms with E-state index < -0.39 is 5.97 Å². The van der Waals surface area contributed by atoms with E-state index in [-0.39, 0.29) is 12.3 Å². The molecule has 5 nitrogen and oxygen atoms in total. The molecule has 0 radical (unpaired) electrons. The second-order valence-corrected chi connectivity index (χ2v) is 6.57. The number of H-pyrrole nitrogens is 1. The zero-order chi connectivity index (χ0) is 18.5. The summed E-state index contributed by atoms with van der Waals surface area (Å²) >= 11 is 5.96. The van der Waals surface area contributed by atoms with Crippen molar-refractivity contribution in [2.75, 3.05) is 6.54 Å². The number of amides is 1. The van der Waals surface area contributed by atoms with Gasteiger partial charge in [0, 0.05) is 28.9 Å². The van der Waals surface area contributed by atoms with Gasteiger partial charge in [0.1, 0.15) is 5.69 Å². The van der Waals surface area contributed by atoms with E-state index in [4.69, 9.17) is 16.7 Å². The Morgan fingerprint density at radius 3 is 2.38 bits per heavy atom. The van der Waals surface area contributed by atoms with E-state index in [1.807, 2.05) is 36.4 Å². The third kappa shape index (κ3) is 4.64. The lowest BCUT2D eigenvalue weighted by atomic mass is 10.1. The molecule has 0 aliphatic carbocycles. The number of fused-ring (bicyclic) bond motifs is 1. The molecular weight excluding hydrogens is 352 g/mol. The van der Waals surface area contributed by atoms with Crippen LogP contribution < -0.4 is 5.32 Å². The van der Waals surface area contributed by atoms with Crippen LogP contribution in [0.2, 0.25) is 5.02 Å². The smallest absolute Gasteiger partial charge is 0.303 e. The Labute approximate surface area is 156 Å². The van der Waals surface area contributed by atoms with Crippen molar-refractivity contribution in [2.45, 2.75) is 19.3 Å². The molecule has 2 aromatic carbocycles. The Morgan fingerprint density at radius 2 is 1.69 bits per heavy atom. The highest BCUT2D eigenvalue weighted by atomic mass is 35.5. The van der Waals surface area contributed by atoms with Crippen LogP contribution in [0.25, 0.3) is 10.9 Å². The van der Waals surface area contributed by atoms with E-state index in [0.29, 0.717) is 30.1 Å². The fraction of sp³-hybridized carbons (Fsp3) is 0.200. The van der Waals surface area contributed by atoms with E-state index in [0.717, 1.165) is 22.0 Å². The minimum absolute atomic E-state index is 0.130. The minimum atomic E-state index is -0.795. The Bertz CT molecular complexity index is 932. The number of carboxylic acids is 1. The van der Waals surface area contributed by atoms with Gasteiger partial charge in [0.15, 0.2) is 0 Å². The number of aromatic nitrogens is 1. The second-order valence-electron chi connectivity index (χ2n) is 6.13. The zero-order valence-corrected chi connectivity index (χ0v) is 14.8. The fourth-order valence-corrected chi connectivity index (χ4v) is 2.95. The van der Waals surface area contributed by atoms with Crippen molar-refractivity contribution in [3.63, 3.8) is 0 Å². The molecule has 0 fully saturated rings. The summed E-state index contributed by atoms with van der Waals surface area (Å²) in [6.45, 7) is 0.517. The van der Waals surface area contributed by atoms with Gasteiger partial charge in [-0.1, -0.05) is 35.9 Å². The van der Waals surface area contributed by atoms with Crippen LogP contribution in [0.5, 0.6) is 0 Å². The number of carbonyl (C=O) groups is 2. The first kappa shape index (κ1) is 18.0. The highest BCUT2D eigenvalue weighted by molar-refractivity contribution is 6.31. The van der Waals surface area contributed by atoms with Gasteiger partial charge in [-0.3, -0.25) is 9.59 Å². The number of carboxylic acid groups (broad SMARTS) is 1. The Kier molecular flexibility index (Phi) is 5.58. The number of aryl methyl sites for hydroxylation is 1. The molecule has 0 aliphatic heterocycles. The number of carbonyl (C=O) groups excluding carboxylic acids is 1. The van der Waals surface area contributed by atoms with Crippen molar-refractivity contribution in [1.82, 2.24) is 10.3 Å². The molecule has 0 bridgehead atoms. The van der Waals surface area contributed by atoms with Crippen LogP contribution in [0.15, 0.2) is 48.5 Å². The monoisotopic (exact) mass is 370 g/mol. The third-order valence-electron chi connectivity index (χ3n) is 4.18. The number of hydrogen-bond acceptors (Lipinski definition) is 2. The Balaban J connectivity index is 1.52. The predicted octanol–water partition coefficient (Wildman–Crippen LogP) is 3.81. The molecule has 0 unspecified atom stereocenters. The number of benzene rings is 2. The number of hydrogen-bond donors (Lipinski definition) is 3. The first-order valence-electron chi connectivity index (χ1n) is 8.37. The first-order chi connectivity index (χ1) is 12.5. The number of rotatable bonds is 7. The van der Waals surface area contributed by atoms with Crippen LogP contribution >= 0.6 is 11.6 Å². The molecule has 3 rings (SSSR count).